The Morgan fingerprint density at radius 1 is 1.26 bits per heavy atom. The highest BCUT2D eigenvalue weighted by Gasteiger charge is 2.36. The van der Waals surface area contributed by atoms with Crippen LogP contribution in [0.15, 0.2) is 0 Å². The van der Waals surface area contributed by atoms with Crippen LogP contribution in [0.4, 0.5) is 0 Å². The predicted molar refractivity (Wildman–Crippen MR) is 80.6 cm³/mol. The van der Waals surface area contributed by atoms with E-state index in [1.54, 1.807) is 0 Å². The topological polar surface area (TPSA) is 52.6 Å². The number of nitrogens with one attached hydrogen (secondary N) is 1. The van der Waals surface area contributed by atoms with Crippen molar-refractivity contribution in [3.8, 4) is 0 Å². The molecule has 4 nitrogen and oxygen atoms in total. The van der Waals surface area contributed by atoms with Crippen molar-refractivity contribution in [2.45, 2.75) is 71.9 Å². The number of aliphatic carboxylic acids is 1. The minimum atomic E-state index is -0.764. The molecule has 1 unspecified atom stereocenters. The van der Waals surface area contributed by atoms with E-state index in [-0.39, 0.29) is 6.04 Å². The van der Waals surface area contributed by atoms with Crippen molar-refractivity contribution in [1.29, 1.82) is 0 Å². The van der Waals surface area contributed by atoms with Crippen LogP contribution in [0.3, 0.4) is 0 Å². The Bertz CT molecular complexity index is 257. The zero-order valence-corrected chi connectivity index (χ0v) is 13.3. The second-order valence-corrected chi connectivity index (χ2v) is 5.58. The van der Waals surface area contributed by atoms with Crippen LogP contribution in [0, 0.1) is 0 Å². The molecule has 0 bridgehead atoms. The molecule has 0 aromatic carbocycles. The number of carboxylic acid groups (broad SMARTS) is 1. The van der Waals surface area contributed by atoms with Gasteiger partial charge in [-0.15, -0.1) is 0 Å². The minimum Gasteiger partial charge on any atom is -0.480 e. The lowest BCUT2D eigenvalue weighted by Crippen LogP contribution is -2.54. The van der Waals surface area contributed by atoms with E-state index in [4.69, 9.17) is 0 Å². The van der Waals surface area contributed by atoms with E-state index in [0.29, 0.717) is 12.8 Å². The third-order valence-electron chi connectivity index (χ3n) is 3.64. The molecule has 0 spiro atoms. The summed E-state index contributed by atoms with van der Waals surface area (Å²) in [6, 6.07) is 0.189. The zero-order valence-electron chi connectivity index (χ0n) is 13.3. The fraction of sp³-hybridized carbons (Fsp3) is 0.933. The Labute approximate surface area is 118 Å². The Balaban J connectivity index is 4.45. The molecule has 0 aliphatic rings. The highest BCUT2D eigenvalue weighted by atomic mass is 16.4. The van der Waals surface area contributed by atoms with Gasteiger partial charge in [0, 0.05) is 6.04 Å². The molecule has 0 aliphatic carbocycles. The van der Waals surface area contributed by atoms with Crippen molar-refractivity contribution in [3.63, 3.8) is 0 Å². The van der Waals surface area contributed by atoms with Crippen LogP contribution < -0.4 is 5.32 Å². The monoisotopic (exact) mass is 272 g/mol. The Kier molecular flexibility index (Phi) is 9.02. The first-order valence-electron chi connectivity index (χ1n) is 7.65. The summed E-state index contributed by atoms with van der Waals surface area (Å²) in [5.74, 6) is -0.720. The van der Waals surface area contributed by atoms with Crippen molar-refractivity contribution >= 4 is 5.97 Å². The van der Waals surface area contributed by atoms with E-state index in [9.17, 15) is 9.90 Å². The first kappa shape index (κ1) is 18.4. The number of carbonyl (C=O) groups is 1. The lowest BCUT2D eigenvalue weighted by molar-refractivity contribution is -0.145. The fourth-order valence-corrected chi connectivity index (χ4v) is 2.57. The number of rotatable bonds is 11. The van der Waals surface area contributed by atoms with Crippen molar-refractivity contribution in [3.05, 3.63) is 0 Å². The summed E-state index contributed by atoms with van der Waals surface area (Å²) in [7, 11) is 0. The van der Waals surface area contributed by atoms with Gasteiger partial charge in [-0.2, -0.15) is 0 Å². The molecular formula is C15H32N2O2. The summed E-state index contributed by atoms with van der Waals surface area (Å²) < 4.78 is 0. The molecular weight excluding hydrogens is 240 g/mol. The first-order chi connectivity index (χ1) is 8.91. The van der Waals surface area contributed by atoms with Crippen LogP contribution in [-0.4, -0.2) is 47.2 Å². The van der Waals surface area contributed by atoms with Gasteiger partial charge in [0.25, 0.3) is 0 Å². The number of carboxylic acids is 1. The van der Waals surface area contributed by atoms with Crippen LogP contribution in [0.5, 0.6) is 0 Å². The molecule has 2 N–H and O–H groups in total. The SMILES string of the molecule is CCCN(CC)CCCC(CC)(NC(C)C)C(=O)O. The molecule has 0 aromatic heterocycles. The van der Waals surface area contributed by atoms with Crippen molar-refractivity contribution in [2.75, 3.05) is 19.6 Å². The van der Waals surface area contributed by atoms with Gasteiger partial charge >= 0.3 is 5.97 Å². The van der Waals surface area contributed by atoms with E-state index in [1.807, 2.05) is 20.8 Å². The van der Waals surface area contributed by atoms with Crippen LogP contribution in [0.2, 0.25) is 0 Å². The van der Waals surface area contributed by atoms with Gasteiger partial charge in [-0.3, -0.25) is 10.1 Å². The van der Waals surface area contributed by atoms with Crippen LogP contribution in [0.1, 0.15) is 60.3 Å². The van der Waals surface area contributed by atoms with Gasteiger partial charge in [0.15, 0.2) is 0 Å². The number of nitrogens with zero attached hydrogens (tertiary/aromatic N) is 1. The van der Waals surface area contributed by atoms with Gasteiger partial charge in [-0.1, -0.05) is 20.8 Å². The lowest BCUT2D eigenvalue weighted by atomic mass is 9.89. The van der Waals surface area contributed by atoms with Crippen molar-refractivity contribution in [2.24, 2.45) is 0 Å². The summed E-state index contributed by atoms with van der Waals surface area (Å²) in [5, 5.41) is 12.8. The summed E-state index contributed by atoms with van der Waals surface area (Å²) in [5.41, 5.74) is -0.764. The van der Waals surface area contributed by atoms with Gasteiger partial charge in [0.05, 0.1) is 0 Å². The molecule has 0 heterocycles. The molecule has 0 aromatic rings. The largest absolute Gasteiger partial charge is 0.480 e. The molecule has 0 amide bonds. The highest BCUT2D eigenvalue weighted by molar-refractivity contribution is 5.78. The molecule has 0 radical (unpaired) electrons. The van der Waals surface area contributed by atoms with Crippen LogP contribution >= 0.6 is 0 Å². The average molecular weight is 272 g/mol. The maximum Gasteiger partial charge on any atom is 0.323 e. The van der Waals surface area contributed by atoms with E-state index in [0.717, 1.165) is 32.5 Å². The second-order valence-electron chi connectivity index (χ2n) is 5.58. The third-order valence-corrected chi connectivity index (χ3v) is 3.64. The van der Waals surface area contributed by atoms with Crippen LogP contribution in [0.25, 0.3) is 0 Å². The Morgan fingerprint density at radius 3 is 2.26 bits per heavy atom. The lowest BCUT2D eigenvalue weighted by Gasteiger charge is -2.32. The molecule has 0 saturated heterocycles. The maximum atomic E-state index is 11.6. The molecule has 0 aliphatic heterocycles. The number of hydrogen-bond donors (Lipinski definition) is 2. The van der Waals surface area contributed by atoms with Gasteiger partial charge < -0.3 is 10.0 Å². The standard InChI is InChI=1S/C15H32N2O2/c1-6-11-17(8-3)12-9-10-15(7-2,14(18)19)16-13(4)5/h13,16H,6-12H2,1-5H3,(H,18,19). The predicted octanol–water partition coefficient (Wildman–Crippen LogP) is 2.73. The van der Waals surface area contributed by atoms with Crippen LogP contribution in [-0.2, 0) is 4.79 Å². The molecule has 0 saturated carbocycles. The van der Waals surface area contributed by atoms with Crippen molar-refractivity contribution in [1.82, 2.24) is 10.2 Å². The van der Waals surface area contributed by atoms with Gasteiger partial charge in [0.2, 0.25) is 0 Å². The third kappa shape index (κ3) is 6.39. The fourth-order valence-electron chi connectivity index (χ4n) is 2.57. The smallest absolute Gasteiger partial charge is 0.323 e. The minimum absolute atomic E-state index is 0.189. The molecule has 4 heteroatoms. The van der Waals surface area contributed by atoms with E-state index in [1.165, 1.54) is 0 Å². The summed E-state index contributed by atoms with van der Waals surface area (Å²) >= 11 is 0. The first-order valence-corrected chi connectivity index (χ1v) is 7.65. The Hall–Kier alpha value is -0.610. The summed E-state index contributed by atoms with van der Waals surface area (Å²) in [4.78, 5) is 14.0. The maximum absolute atomic E-state index is 11.6. The van der Waals surface area contributed by atoms with E-state index >= 15 is 0 Å². The zero-order chi connectivity index (χ0) is 14.9. The van der Waals surface area contributed by atoms with Gasteiger partial charge in [0.1, 0.15) is 5.54 Å². The Morgan fingerprint density at radius 2 is 1.89 bits per heavy atom. The van der Waals surface area contributed by atoms with Gasteiger partial charge in [-0.05, 0) is 59.2 Å². The highest BCUT2D eigenvalue weighted by Crippen LogP contribution is 2.19. The van der Waals surface area contributed by atoms with Crippen molar-refractivity contribution < 1.29 is 9.90 Å². The normalized spacial score (nSPS) is 14.9. The quantitative estimate of drug-likeness (QED) is 0.607. The second kappa shape index (κ2) is 9.32. The van der Waals surface area contributed by atoms with E-state index in [2.05, 4.69) is 24.1 Å². The van der Waals surface area contributed by atoms with E-state index < -0.39 is 11.5 Å². The number of hydrogen-bond acceptors (Lipinski definition) is 3. The summed E-state index contributed by atoms with van der Waals surface area (Å²) in [6.07, 6.45) is 3.39. The molecule has 0 fully saturated rings. The molecule has 0 rings (SSSR count). The summed E-state index contributed by atoms with van der Waals surface area (Å²) in [6.45, 7) is 13.4. The van der Waals surface area contributed by atoms with Gasteiger partial charge in [-0.25, -0.2) is 0 Å². The average Bonchev–Trinajstić information content (AvgIpc) is 2.35. The molecule has 114 valence electrons. The molecule has 1 atom stereocenters. The molecule has 19 heavy (non-hydrogen) atoms.